The molecule has 1 aliphatic heterocycles. The van der Waals surface area contributed by atoms with Crippen molar-refractivity contribution in [1.29, 1.82) is 0 Å². The summed E-state index contributed by atoms with van der Waals surface area (Å²) in [7, 11) is 0. The van der Waals surface area contributed by atoms with Crippen LogP contribution in [0.5, 0.6) is 0 Å². The Hall–Kier alpha value is -1.84. The van der Waals surface area contributed by atoms with Gasteiger partial charge in [0.15, 0.2) is 0 Å². The van der Waals surface area contributed by atoms with Crippen molar-refractivity contribution < 1.29 is 4.79 Å². The van der Waals surface area contributed by atoms with Crippen molar-refractivity contribution in [1.82, 2.24) is 14.5 Å². The van der Waals surface area contributed by atoms with E-state index in [-0.39, 0.29) is 5.91 Å². The first-order chi connectivity index (χ1) is 10.3. The molecule has 2 fully saturated rings. The van der Waals surface area contributed by atoms with Gasteiger partial charge in [-0.1, -0.05) is 12.1 Å². The molecule has 1 saturated heterocycles. The maximum Gasteiger partial charge on any atom is 0.242 e. The quantitative estimate of drug-likeness (QED) is 0.868. The molecule has 0 bridgehead atoms. The van der Waals surface area contributed by atoms with Crippen molar-refractivity contribution in [2.75, 3.05) is 13.1 Å². The third kappa shape index (κ3) is 2.43. The number of hydrogen-bond acceptors (Lipinski definition) is 2. The van der Waals surface area contributed by atoms with Crippen molar-refractivity contribution in [3.63, 3.8) is 0 Å². The molecule has 0 radical (unpaired) electrons. The highest BCUT2D eigenvalue weighted by atomic mass is 16.2. The molecule has 1 saturated carbocycles. The molecule has 4 heteroatoms. The summed E-state index contributed by atoms with van der Waals surface area (Å²) in [5.41, 5.74) is 2.12. The van der Waals surface area contributed by atoms with E-state index >= 15 is 0 Å². The van der Waals surface area contributed by atoms with E-state index in [1.165, 1.54) is 19.3 Å². The van der Waals surface area contributed by atoms with Crippen LogP contribution in [0.25, 0.3) is 11.0 Å². The molecule has 1 aliphatic carbocycles. The molecular weight excluding hydrogens is 262 g/mol. The molecule has 1 aromatic carbocycles. The van der Waals surface area contributed by atoms with Crippen LogP contribution in [0.1, 0.15) is 43.8 Å². The van der Waals surface area contributed by atoms with Crippen molar-refractivity contribution >= 4 is 16.9 Å². The van der Waals surface area contributed by atoms with E-state index in [2.05, 4.69) is 10.6 Å². The fourth-order valence-corrected chi connectivity index (χ4v) is 3.29. The van der Waals surface area contributed by atoms with Gasteiger partial charge in [0, 0.05) is 19.0 Å². The van der Waals surface area contributed by atoms with Crippen LogP contribution in [0.15, 0.2) is 24.3 Å². The number of nitrogens with zero attached hydrogens (tertiary/aromatic N) is 3. The Morgan fingerprint density at radius 3 is 2.67 bits per heavy atom. The zero-order valence-electron chi connectivity index (χ0n) is 12.3. The standard InChI is InChI=1S/C17H21N3O/c21-16(19-10-4-1-5-11-19)12-20-15-7-3-2-6-14(15)18-17(20)13-8-9-13/h2-3,6-7,13H,1,4-5,8-12H2. The molecule has 2 aromatic rings. The summed E-state index contributed by atoms with van der Waals surface area (Å²) in [6, 6.07) is 8.17. The zero-order chi connectivity index (χ0) is 14.2. The molecule has 0 unspecified atom stereocenters. The normalized spacial score (nSPS) is 19.1. The predicted molar refractivity (Wildman–Crippen MR) is 82.1 cm³/mol. The summed E-state index contributed by atoms with van der Waals surface area (Å²) in [5, 5.41) is 0. The lowest BCUT2D eigenvalue weighted by molar-refractivity contribution is -0.132. The predicted octanol–water partition coefficient (Wildman–Crippen LogP) is 2.93. The average Bonchev–Trinajstić information content (AvgIpc) is 3.32. The minimum Gasteiger partial charge on any atom is -0.341 e. The van der Waals surface area contributed by atoms with E-state index in [1.54, 1.807) is 0 Å². The first-order valence-electron chi connectivity index (χ1n) is 8.06. The summed E-state index contributed by atoms with van der Waals surface area (Å²) in [5.74, 6) is 1.92. The van der Waals surface area contributed by atoms with Crippen molar-refractivity contribution in [2.24, 2.45) is 0 Å². The van der Waals surface area contributed by atoms with Crippen molar-refractivity contribution in [2.45, 2.75) is 44.6 Å². The lowest BCUT2D eigenvalue weighted by Gasteiger charge is -2.27. The number of piperidine rings is 1. The average molecular weight is 283 g/mol. The summed E-state index contributed by atoms with van der Waals surface area (Å²) >= 11 is 0. The minimum absolute atomic E-state index is 0.250. The Morgan fingerprint density at radius 2 is 1.90 bits per heavy atom. The van der Waals surface area contributed by atoms with Gasteiger partial charge in [-0.2, -0.15) is 0 Å². The fraction of sp³-hybridized carbons (Fsp3) is 0.529. The van der Waals surface area contributed by atoms with E-state index in [4.69, 9.17) is 4.98 Å². The van der Waals surface area contributed by atoms with E-state index in [1.807, 2.05) is 23.1 Å². The number of carbonyl (C=O) groups excluding carboxylic acids is 1. The molecule has 1 amide bonds. The van der Waals surface area contributed by atoms with Crippen LogP contribution >= 0.6 is 0 Å². The van der Waals surface area contributed by atoms with E-state index < -0.39 is 0 Å². The van der Waals surface area contributed by atoms with Gasteiger partial charge in [-0.05, 0) is 44.2 Å². The number of hydrogen-bond donors (Lipinski definition) is 0. The molecule has 0 spiro atoms. The van der Waals surface area contributed by atoms with Gasteiger partial charge in [0.2, 0.25) is 5.91 Å². The van der Waals surface area contributed by atoms with Crippen LogP contribution in [-0.2, 0) is 11.3 Å². The number of fused-ring (bicyclic) bond motifs is 1. The van der Waals surface area contributed by atoms with Gasteiger partial charge in [-0.25, -0.2) is 4.98 Å². The molecular formula is C17H21N3O. The second-order valence-electron chi connectivity index (χ2n) is 6.26. The molecule has 110 valence electrons. The number of carbonyl (C=O) groups is 1. The number of likely N-dealkylation sites (tertiary alicyclic amines) is 1. The SMILES string of the molecule is O=C(Cn1c(C2CC2)nc2ccccc21)N1CCCCC1. The Labute approximate surface area is 124 Å². The first-order valence-corrected chi connectivity index (χ1v) is 8.06. The third-order valence-corrected chi connectivity index (χ3v) is 4.63. The molecule has 2 aliphatic rings. The summed E-state index contributed by atoms with van der Waals surface area (Å²) < 4.78 is 2.16. The number of amides is 1. The Morgan fingerprint density at radius 1 is 1.14 bits per heavy atom. The number of rotatable bonds is 3. The van der Waals surface area contributed by atoms with Gasteiger partial charge < -0.3 is 9.47 Å². The second-order valence-corrected chi connectivity index (χ2v) is 6.26. The van der Waals surface area contributed by atoms with Gasteiger partial charge in [0.25, 0.3) is 0 Å². The van der Waals surface area contributed by atoms with Gasteiger partial charge >= 0.3 is 0 Å². The van der Waals surface area contributed by atoms with Crippen LogP contribution < -0.4 is 0 Å². The third-order valence-electron chi connectivity index (χ3n) is 4.63. The molecule has 0 N–H and O–H groups in total. The zero-order valence-corrected chi connectivity index (χ0v) is 12.3. The highest BCUT2D eigenvalue weighted by Gasteiger charge is 2.30. The largest absolute Gasteiger partial charge is 0.341 e. The van der Waals surface area contributed by atoms with Crippen LogP contribution in [0.2, 0.25) is 0 Å². The summed E-state index contributed by atoms with van der Waals surface area (Å²) in [4.78, 5) is 19.4. The van der Waals surface area contributed by atoms with Gasteiger partial charge in [-0.3, -0.25) is 4.79 Å². The maximum atomic E-state index is 12.6. The highest BCUT2D eigenvalue weighted by Crippen LogP contribution is 2.40. The van der Waals surface area contributed by atoms with Crippen LogP contribution in [0.4, 0.5) is 0 Å². The first kappa shape index (κ1) is 12.9. The molecule has 0 atom stereocenters. The van der Waals surface area contributed by atoms with Gasteiger partial charge in [-0.15, -0.1) is 0 Å². The monoisotopic (exact) mass is 283 g/mol. The molecule has 2 heterocycles. The number of imidazole rings is 1. The molecule has 4 nitrogen and oxygen atoms in total. The lowest BCUT2D eigenvalue weighted by Crippen LogP contribution is -2.38. The molecule has 21 heavy (non-hydrogen) atoms. The number of aromatic nitrogens is 2. The topological polar surface area (TPSA) is 38.1 Å². The van der Waals surface area contributed by atoms with E-state index in [0.29, 0.717) is 12.5 Å². The number of para-hydroxylation sites is 2. The van der Waals surface area contributed by atoms with Crippen LogP contribution in [0.3, 0.4) is 0 Å². The Balaban J connectivity index is 1.65. The van der Waals surface area contributed by atoms with Crippen LogP contribution in [-0.4, -0.2) is 33.4 Å². The minimum atomic E-state index is 0.250. The van der Waals surface area contributed by atoms with E-state index in [0.717, 1.165) is 42.8 Å². The fourth-order valence-electron chi connectivity index (χ4n) is 3.29. The molecule has 1 aromatic heterocycles. The smallest absolute Gasteiger partial charge is 0.242 e. The van der Waals surface area contributed by atoms with Crippen LogP contribution in [0, 0.1) is 0 Å². The maximum absolute atomic E-state index is 12.6. The summed E-state index contributed by atoms with van der Waals surface area (Å²) in [6.45, 7) is 2.29. The van der Waals surface area contributed by atoms with Gasteiger partial charge in [0.1, 0.15) is 12.4 Å². The Bertz CT molecular complexity index is 666. The van der Waals surface area contributed by atoms with Gasteiger partial charge in [0.05, 0.1) is 11.0 Å². The second kappa shape index (κ2) is 5.17. The molecule has 4 rings (SSSR count). The van der Waals surface area contributed by atoms with Crippen molar-refractivity contribution in [3.05, 3.63) is 30.1 Å². The Kier molecular flexibility index (Phi) is 3.17. The summed E-state index contributed by atoms with van der Waals surface area (Å²) in [6.07, 6.45) is 5.96. The lowest BCUT2D eigenvalue weighted by atomic mass is 10.1. The van der Waals surface area contributed by atoms with Crippen molar-refractivity contribution in [3.8, 4) is 0 Å². The van der Waals surface area contributed by atoms with E-state index in [9.17, 15) is 4.79 Å². The highest BCUT2D eigenvalue weighted by molar-refractivity contribution is 5.81. The number of benzene rings is 1.